The molecule has 0 aromatic carbocycles. The van der Waals surface area contributed by atoms with Crippen molar-refractivity contribution in [3.63, 3.8) is 0 Å². The van der Waals surface area contributed by atoms with Gasteiger partial charge < -0.3 is 4.48 Å². The Bertz CT molecular complexity index is 122. The third-order valence-corrected chi connectivity index (χ3v) is 3.94. The van der Waals surface area contributed by atoms with Crippen LogP contribution in [0.5, 0.6) is 0 Å². The predicted molar refractivity (Wildman–Crippen MR) is 91.1 cm³/mol. The summed E-state index contributed by atoms with van der Waals surface area (Å²) in [5.41, 5.74) is 0. The molecule has 0 saturated heterocycles. The molecule has 0 radical (unpaired) electrons. The standard InChI is InChI=1S/C16H36N.CH3Cl/c1-5-9-13-17(14-10-6-2,15-11-7-3)16-12-8-4;1-2/h5-16H2,1-4H3;1H3/q+1;. The molecular formula is C17H39ClN+. The van der Waals surface area contributed by atoms with Crippen LogP contribution in [0.3, 0.4) is 0 Å². The number of halogens is 1. The van der Waals surface area contributed by atoms with Gasteiger partial charge in [-0.1, -0.05) is 53.4 Å². The Hall–Kier alpha value is 0.250. The van der Waals surface area contributed by atoms with Gasteiger partial charge in [0.25, 0.3) is 0 Å². The first kappa shape index (κ1) is 21.5. The van der Waals surface area contributed by atoms with Crippen molar-refractivity contribution < 1.29 is 4.48 Å². The fourth-order valence-corrected chi connectivity index (χ4v) is 2.64. The Morgan fingerprint density at radius 2 is 0.737 bits per heavy atom. The minimum Gasteiger partial charge on any atom is -0.324 e. The summed E-state index contributed by atoms with van der Waals surface area (Å²) in [4.78, 5) is 0. The third-order valence-electron chi connectivity index (χ3n) is 3.94. The van der Waals surface area contributed by atoms with Crippen molar-refractivity contribution in [2.24, 2.45) is 0 Å². The van der Waals surface area contributed by atoms with Gasteiger partial charge in [-0.2, -0.15) is 0 Å². The molecule has 0 N–H and O–H groups in total. The molecule has 118 valence electrons. The van der Waals surface area contributed by atoms with Crippen molar-refractivity contribution in [1.82, 2.24) is 0 Å². The highest BCUT2D eigenvalue weighted by molar-refractivity contribution is 6.15. The molecule has 0 aromatic heterocycles. The number of hydrogen-bond acceptors (Lipinski definition) is 0. The summed E-state index contributed by atoms with van der Waals surface area (Å²) in [7, 11) is 0. The third kappa shape index (κ3) is 11.8. The Morgan fingerprint density at radius 3 is 0.895 bits per heavy atom. The zero-order chi connectivity index (χ0) is 15.0. The highest BCUT2D eigenvalue weighted by atomic mass is 35.5. The molecule has 19 heavy (non-hydrogen) atoms. The average molecular weight is 293 g/mol. The molecule has 0 unspecified atom stereocenters. The number of rotatable bonds is 12. The molecule has 0 heterocycles. The van der Waals surface area contributed by atoms with Gasteiger partial charge in [0.2, 0.25) is 0 Å². The second-order valence-electron chi connectivity index (χ2n) is 5.65. The maximum absolute atomic E-state index is 4.64. The predicted octanol–water partition coefficient (Wildman–Crippen LogP) is 5.86. The molecule has 0 spiro atoms. The topological polar surface area (TPSA) is 0 Å². The molecule has 0 aromatic rings. The molecular weight excluding hydrogens is 254 g/mol. The van der Waals surface area contributed by atoms with Gasteiger partial charge in [-0.15, -0.1) is 11.6 Å². The Kier molecular flexibility index (Phi) is 18.5. The molecule has 0 aliphatic carbocycles. The maximum atomic E-state index is 4.64. The minimum absolute atomic E-state index is 1.35. The molecule has 0 saturated carbocycles. The maximum Gasteiger partial charge on any atom is 0.0786 e. The van der Waals surface area contributed by atoms with Crippen LogP contribution in [0.15, 0.2) is 0 Å². The summed E-state index contributed by atoms with van der Waals surface area (Å²) in [6, 6.07) is 0. The van der Waals surface area contributed by atoms with Crippen LogP contribution in [0.1, 0.15) is 79.1 Å². The number of unbranched alkanes of at least 4 members (excludes halogenated alkanes) is 4. The summed E-state index contributed by atoms with van der Waals surface area (Å²) < 4.78 is 1.42. The molecule has 0 aliphatic heterocycles. The number of nitrogens with zero attached hydrogens (tertiary/aromatic N) is 1. The van der Waals surface area contributed by atoms with E-state index in [1.165, 1.54) is 88.4 Å². The Balaban J connectivity index is 0. The van der Waals surface area contributed by atoms with E-state index in [-0.39, 0.29) is 0 Å². The van der Waals surface area contributed by atoms with Crippen LogP contribution < -0.4 is 0 Å². The minimum atomic E-state index is 1.35. The van der Waals surface area contributed by atoms with Crippen molar-refractivity contribution in [2.75, 3.05) is 32.6 Å². The number of hydrogen-bond donors (Lipinski definition) is 0. The Labute approximate surface area is 128 Å². The fourth-order valence-electron chi connectivity index (χ4n) is 2.64. The van der Waals surface area contributed by atoms with Crippen molar-refractivity contribution in [3.8, 4) is 0 Å². The van der Waals surface area contributed by atoms with Crippen LogP contribution in [0.2, 0.25) is 0 Å². The van der Waals surface area contributed by atoms with Gasteiger partial charge in [0.15, 0.2) is 0 Å². The summed E-state index contributed by atoms with van der Waals surface area (Å²) in [5, 5.41) is 0. The second-order valence-corrected chi connectivity index (χ2v) is 5.65. The van der Waals surface area contributed by atoms with Gasteiger partial charge in [0, 0.05) is 6.38 Å². The molecule has 0 fully saturated rings. The normalized spacial score (nSPS) is 11.1. The average Bonchev–Trinajstić information content (AvgIpc) is 2.48. The van der Waals surface area contributed by atoms with Gasteiger partial charge in [0.05, 0.1) is 26.2 Å². The summed E-state index contributed by atoms with van der Waals surface area (Å²) in [6.45, 7) is 15.0. The molecule has 0 rings (SSSR count). The van der Waals surface area contributed by atoms with Crippen molar-refractivity contribution in [3.05, 3.63) is 0 Å². The van der Waals surface area contributed by atoms with Crippen LogP contribution in [-0.4, -0.2) is 37.0 Å². The van der Waals surface area contributed by atoms with E-state index in [1.807, 2.05) is 0 Å². The molecule has 0 bridgehead atoms. The zero-order valence-electron chi connectivity index (χ0n) is 14.3. The smallest absolute Gasteiger partial charge is 0.0786 e. The SMILES string of the molecule is CCCC[N+](CCCC)(CCCC)CCCC.CCl. The van der Waals surface area contributed by atoms with E-state index in [4.69, 9.17) is 0 Å². The first-order valence-corrected chi connectivity index (χ1v) is 9.23. The second kappa shape index (κ2) is 16.3. The molecule has 2 heteroatoms. The van der Waals surface area contributed by atoms with Crippen molar-refractivity contribution in [2.45, 2.75) is 79.1 Å². The van der Waals surface area contributed by atoms with Crippen LogP contribution in [0, 0.1) is 0 Å². The number of alkyl halides is 1. The summed E-state index contributed by atoms with van der Waals surface area (Å²) >= 11 is 4.64. The lowest BCUT2D eigenvalue weighted by atomic mass is 10.1. The quantitative estimate of drug-likeness (QED) is 0.312. The number of quaternary nitrogens is 1. The van der Waals surface area contributed by atoms with E-state index in [0.717, 1.165) is 0 Å². The lowest BCUT2D eigenvalue weighted by molar-refractivity contribution is -0.929. The van der Waals surface area contributed by atoms with E-state index in [1.54, 1.807) is 0 Å². The first-order chi connectivity index (χ1) is 9.24. The fraction of sp³-hybridized carbons (Fsp3) is 1.00. The Morgan fingerprint density at radius 1 is 0.526 bits per heavy atom. The molecule has 0 amide bonds. The monoisotopic (exact) mass is 292 g/mol. The van der Waals surface area contributed by atoms with Gasteiger partial charge >= 0.3 is 0 Å². The van der Waals surface area contributed by atoms with E-state index in [2.05, 4.69) is 39.3 Å². The zero-order valence-corrected chi connectivity index (χ0v) is 15.1. The van der Waals surface area contributed by atoms with Gasteiger partial charge in [-0.3, -0.25) is 0 Å². The highest BCUT2D eigenvalue weighted by Gasteiger charge is 2.24. The van der Waals surface area contributed by atoms with Crippen LogP contribution in [-0.2, 0) is 0 Å². The van der Waals surface area contributed by atoms with Crippen molar-refractivity contribution in [1.29, 1.82) is 0 Å². The van der Waals surface area contributed by atoms with E-state index >= 15 is 0 Å². The molecule has 1 nitrogen and oxygen atoms in total. The van der Waals surface area contributed by atoms with Gasteiger partial charge in [0.1, 0.15) is 0 Å². The van der Waals surface area contributed by atoms with Crippen LogP contribution >= 0.6 is 11.6 Å². The van der Waals surface area contributed by atoms with Crippen molar-refractivity contribution >= 4 is 11.6 Å². The summed E-state index contributed by atoms with van der Waals surface area (Å²) in [5.74, 6) is 0. The highest BCUT2D eigenvalue weighted by Crippen LogP contribution is 2.16. The molecule has 0 aliphatic rings. The lowest BCUT2D eigenvalue weighted by Crippen LogP contribution is -2.50. The van der Waals surface area contributed by atoms with Crippen LogP contribution in [0.25, 0.3) is 0 Å². The first-order valence-electron chi connectivity index (χ1n) is 8.47. The molecule has 0 atom stereocenters. The van der Waals surface area contributed by atoms with Crippen LogP contribution in [0.4, 0.5) is 0 Å². The van der Waals surface area contributed by atoms with E-state index in [9.17, 15) is 0 Å². The lowest BCUT2D eigenvalue weighted by Gasteiger charge is -2.39. The summed E-state index contributed by atoms with van der Waals surface area (Å²) in [6.07, 6.45) is 12.5. The van der Waals surface area contributed by atoms with E-state index in [0.29, 0.717) is 0 Å². The van der Waals surface area contributed by atoms with Gasteiger partial charge in [-0.25, -0.2) is 0 Å². The van der Waals surface area contributed by atoms with E-state index < -0.39 is 0 Å². The van der Waals surface area contributed by atoms with Gasteiger partial charge in [-0.05, 0) is 25.7 Å². The largest absolute Gasteiger partial charge is 0.324 e.